The number of Topliss-reactive ketones (excluding diaryl/α,β-unsaturated/α-hetero) is 1. The highest BCUT2D eigenvalue weighted by atomic mass is 35.5. The molecule has 0 fully saturated rings. The smallest absolute Gasteiger partial charge is 0.315 e. The van der Waals surface area contributed by atoms with Crippen LogP contribution in [0.15, 0.2) is 24.3 Å². The molecule has 17 heavy (non-hydrogen) atoms. The third-order valence-corrected chi connectivity index (χ3v) is 2.37. The molecular formula is C11H9ClO5. The molecule has 1 atom stereocenters. The molecule has 5 nitrogen and oxygen atoms in total. The van der Waals surface area contributed by atoms with Gasteiger partial charge in [-0.25, -0.2) is 0 Å². The van der Waals surface area contributed by atoms with Gasteiger partial charge in [0.05, 0.1) is 6.42 Å². The molecule has 1 unspecified atom stereocenters. The van der Waals surface area contributed by atoms with Gasteiger partial charge >= 0.3 is 11.9 Å². The minimum atomic E-state index is -1.58. The third-order valence-electron chi connectivity index (χ3n) is 2.12. The van der Waals surface area contributed by atoms with Gasteiger partial charge in [0.15, 0.2) is 5.78 Å². The van der Waals surface area contributed by atoms with E-state index in [1.165, 1.54) is 24.3 Å². The van der Waals surface area contributed by atoms with E-state index in [-0.39, 0.29) is 5.56 Å². The first-order valence-corrected chi connectivity index (χ1v) is 5.04. The Morgan fingerprint density at radius 1 is 1.12 bits per heavy atom. The van der Waals surface area contributed by atoms with E-state index in [9.17, 15) is 14.4 Å². The Balaban J connectivity index is 2.95. The van der Waals surface area contributed by atoms with Crippen molar-refractivity contribution in [2.45, 2.75) is 6.42 Å². The van der Waals surface area contributed by atoms with Crippen molar-refractivity contribution in [1.82, 2.24) is 0 Å². The molecule has 90 valence electrons. The maximum atomic E-state index is 11.7. The van der Waals surface area contributed by atoms with E-state index >= 15 is 0 Å². The van der Waals surface area contributed by atoms with Gasteiger partial charge in [0.1, 0.15) is 5.92 Å². The highest BCUT2D eigenvalue weighted by Gasteiger charge is 2.29. The number of hydrogen-bond acceptors (Lipinski definition) is 3. The summed E-state index contributed by atoms with van der Waals surface area (Å²) in [5.74, 6) is -5.10. The van der Waals surface area contributed by atoms with E-state index < -0.39 is 30.1 Å². The van der Waals surface area contributed by atoms with Crippen molar-refractivity contribution in [3.05, 3.63) is 34.9 Å². The molecule has 0 saturated carbocycles. The molecule has 0 aliphatic carbocycles. The van der Waals surface area contributed by atoms with Crippen LogP contribution in [-0.4, -0.2) is 27.9 Å². The Labute approximate surface area is 102 Å². The summed E-state index contributed by atoms with van der Waals surface area (Å²) >= 11 is 5.62. The minimum Gasteiger partial charge on any atom is -0.481 e. The van der Waals surface area contributed by atoms with E-state index in [4.69, 9.17) is 21.8 Å². The number of rotatable bonds is 5. The van der Waals surface area contributed by atoms with E-state index in [0.29, 0.717) is 5.02 Å². The molecule has 2 N–H and O–H groups in total. The standard InChI is InChI=1S/C11H9ClO5/c12-7-3-1-6(2-4-7)10(15)8(11(16)17)5-9(13)14/h1-4,8H,5H2,(H,13,14)(H,16,17). The quantitative estimate of drug-likeness (QED) is 0.618. The third kappa shape index (κ3) is 3.57. The zero-order chi connectivity index (χ0) is 13.0. The molecule has 0 aliphatic rings. The van der Waals surface area contributed by atoms with E-state index in [1.54, 1.807) is 0 Å². The van der Waals surface area contributed by atoms with E-state index in [1.807, 2.05) is 0 Å². The topological polar surface area (TPSA) is 91.7 Å². The second-order valence-electron chi connectivity index (χ2n) is 3.36. The fourth-order valence-electron chi connectivity index (χ4n) is 1.28. The van der Waals surface area contributed by atoms with Crippen LogP contribution in [0, 0.1) is 5.92 Å². The van der Waals surface area contributed by atoms with Crippen LogP contribution in [0.1, 0.15) is 16.8 Å². The van der Waals surface area contributed by atoms with Gasteiger partial charge in [-0.15, -0.1) is 0 Å². The first-order valence-electron chi connectivity index (χ1n) is 4.66. The zero-order valence-corrected chi connectivity index (χ0v) is 9.35. The molecule has 1 aromatic rings. The van der Waals surface area contributed by atoms with Gasteiger partial charge in [0, 0.05) is 10.6 Å². The van der Waals surface area contributed by atoms with Crippen molar-refractivity contribution < 1.29 is 24.6 Å². The van der Waals surface area contributed by atoms with Crippen molar-refractivity contribution in [2.24, 2.45) is 5.92 Å². The molecule has 0 radical (unpaired) electrons. The van der Waals surface area contributed by atoms with Crippen LogP contribution < -0.4 is 0 Å². The lowest BCUT2D eigenvalue weighted by Crippen LogP contribution is -2.26. The maximum Gasteiger partial charge on any atom is 0.315 e. The molecule has 0 saturated heterocycles. The number of carboxylic acids is 2. The summed E-state index contributed by atoms with van der Waals surface area (Å²) in [4.78, 5) is 33.0. The highest BCUT2D eigenvalue weighted by Crippen LogP contribution is 2.16. The summed E-state index contributed by atoms with van der Waals surface area (Å²) in [5, 5.41) is 17.7. The van der Waals surface area contributed by atoms with Crippen LogP contribution in [0.4, 0.5) is 0 Å². The van der Waals surface area contributed by atoms with E-state index in [2.05, 4.69) is 0 Å². The second-order valence-corrected chi connectivity index (χ2v) is 3.80. The summed E-state index contributed by atoms with van der Waals surface area (Å²) < 4.78 is 0. The lowest BCUT2D eigenvalue weighted by Gasteiger charge is -2.08. The van der Waals surface area contributed by atoms with Crippen molar-refractivity contribution >= 4 is 29.3 Å². The van der Waals surface area contributed by atoms with Crippen LogP contribution >= 0.6 is 11.6 Å². The summed E-state index contributed by atoms with van der Waals surface area (Å²) in [6.45, 7) is 0. The van der Waals surface area contributed by atoms with E-state index in [0.717, 1.165) is 0 Å². The molecule has 1 aromatic carbocycles. The first-order chi connectivity index (χ1) is 7.91. The Kier molecular flexibility index (Phi) is 4.23. The average Bonchev–Trinajstić information content (AvgIpc) is 2.25. The molecule has 0 aliphatic heterocycles. The summed E-state index contributed by atoms with van der Waals surface area (Å²) in [5.41, 5.74) is 0.128. The molecular weight excluding hydrogens is 248 g/mol. The van der Waals surface area contributed by atoms with Gasteiger partial charge in [0.25, 0.3) is 0 Å². The molecule has 0 bridgehead atoms. The van der Waals surface area contributed by atoms with Gasteiger partial charge in [-0.1, -0.05) is 11.6 Å². The number of carboxylic acid groups (broad SMARTS) is 2. The first kappa shape index (κ1) is 13.2. The summed E-state index contributed by atoms with van der Waals surface area (Å²) in [7, 11) is 0. The largest absolute Gasteiger partial charge is 0.481 e. The average molecular weight is 257 g/mol. The molecule has 0 amide bonds. The minimum absolute atomic E-state index is 0.128. The van der Waals surface area contributed by atoms with Crippen LogP contribution in [0.25, 0.3) is 0 Å². The van der Waals surface area contributed by atoms with Crippen LogP contribution in [0.3, 0.4) is 0 Å². The van der Waals surface area contributed by atoms with Crippen molar-refractivity contribution in [1.29, 1.82) is 0 Å². The van der Waals surface area contributed by atoms with Crippen molar-refractivity contribution in [3.8, 4) is 0 Å². The van der Waals surface area contributed by atoms with Crippen LogP contribution in [0.5, 0.6) is 0 Å². The predicted molar refractivity (Wildman–Crippen MR) is 59.2 cm³/mol. The van der Waals surface area contributed by atoms with Gasteiger partial charge in [0.2, 0.25) is 0 Å². The predicted octanol–water partition coefficient (Wildman–Crippen LogP) is 1.70. The molecule has 6 heteroatoms. The summed E-state index contributed by atoms with van der Waals surface area (Å²) in [6, 6.07) is 5.61. The molecule has 0 aromatic heterocycles. The lowest BCUT2D eigenvalue weighted by atomic mass is 9.95. The fraction of sp³-hybridized carbons (Fsp3) is 0.182. The molecule has 0 spiro atoms. The number of ketones is 1. The van der Waals surface area contributed by atoms with Gasteiger partial charge in [-0.3, -0.25) is 14.4 Å². The van der Waals surface area contributed by atoms with Gasteiger partial charge in [-0.2, -0.15) is 0 Å². The number of aliphatic carboxylic acids is 2. The zero-order valence-electron chi connectivity index (χ0n) is 8.59. The van der Waals surface area contributed by atoms with Crippen LogP contribution in [-0.2, 0) is 9.59 Å². The van der Waals surface area contributed by atoms with Crippen molar-refractivity contribution in [2.75, 3.05) is 0 Å². The number of hydrogen-bond donors (Lipinski definition) is 2. The summed E-state index contributed by atoms with van der Waals surface area (Å²) in [6.07, 6.45) is -0.739. The monoisotopic (exact) mass is 256 g/mol. The van der Waals surface area contributed by atoms with Crippen LogP contribution in [0.2, 0.25) is 5.02 Å². The second kappa shape index (κ2) is 5.45. The number of carbonyl (C=O) groups is 3. The Morgan fingerprint density at radius 3 is 2.06 bits per heavy atom. The van der Waals surface area contributed by atoms with Gasteiger partial charge < -0.3 is 10.2 Å². The number of halogens is 1. The number of carbonyl (C=O) groups excluding carboxylic acids is 1. The van der Waals surface area contributed by atoms with Crippen molar-refractivity contribution in [3.63, 3.8) is 0 Å². The SMILES string of the molecule is O=C(O)CC(C(=O)O)C(=O)c1ccc(Cl)cc1. The maximum absolute atomic E-state index is 11.7. The normalized spacial score (nSPS) is 11.8. The molecule has 1 rings (SSSR count). The fourth-order valence-corrected chi connectivity index (χ4v) is 1.41. The van der Waals surface area contributed by atoms with Gasteiger partial charge in [-0.05, 0) is 24.3 Å². The highest BCUT2D eigenvalue weighted by molar-refractivity contribution is 6.30. The number of benzene rings is 1. The Bertz CT molecular complexity index is 451. The Hall–Kier alpha value is -1.88. The lowest BCUT2D eigenvalue weighted by molar-refractivity contribution is -0.146. The molecule has 0 heterocycles. The Morgan fingerprint density at radius 2 is 1.65 bits per heavy atom.